The molecule has 2 rings (SSSR count). The Morgan fingerprint density at radius 2 is 2.11 bits per heavy atom. The summed E-state index contributed by atoms with van der Waals surface area (Å²) in [5.74, 6) is -1.12. The summed E-state index contributed by atoms with van der Waals surface area (Å²) in [6.45, 7) is 2.19. The first kappa shape index (κ1) is 14.1. The molecule has 1 aromatic rings. The molecule has 1 saturated carbocycles. The fourth-order valence-electron chi connectivity index (χ4n) is 2.40. The smallest absolute Gasteiger partial charge is 0.352 e. The summed E-state index contributed by atoms with van der Waals surface area (Å²) in [4.78, 5) is 11.1. The average Bonchev–Trinajstić information content (AvgIpc) is 2.95. The molecule has 7 heteroatoms. The molecule has 0 aromatic carbocycles. The third-order valence-corrected chi connectivity index (χ3v) is 4.91. The van der Waals surface area contributed by atoms with E-state index in [-0.39, 0.29) is 16.6 Å². The van der Waals surface area contributed by atoms with E-state index in [0.29, 0.717) is 6.54 Å². The molecule has 1 heterocycles. The number of hydrogen-bond acceptors (Lipinski definition) is 3. The van der Waals surface area contributed by atoms with Gasteiger partial charge >= 0.3 is 5.97 Å². The normalized spacial score (nSPS) is 16.9. The largest absolute Gasteiger partial charge is 0.477 e. The fourth-order valence-corrected chi connectivity index (χ4v) is 3.75. The van der Waals surface area contributed by atoms with Gasteiger partial charge in [-0.25, -0.2) is 17.9 Å². The summed E-state index contributed by atoms with van der Waals surface area (Å²) in [5, 5.41) is 9.02. The highest BCUT2D eigenvalue weighted by atomic mass is 32.2. The number of carbonyl (C=O) groups is 1. The lowest BCUT2D eigenvalue weighted by Gasteiger charge is -2.11. The molecule has 1 aromatic heterocycles. The number of carboxylic acid groups (broad SMARTS) is 1. The first-order valence-electron chi connectivity index (χ1n) is 6.40. The molecule has 1 aliphatic rings. The van der Waals surface area contributed by atoms with Crippen LogP contribution in [0.1, 0.15) is 43.1 Å². The Hall–Kier alpha value is -1.34. The van der Waals surface area contributed by atoms with E-state index < -0.39 is 16.0 Å². The van der Waals surface area contributed by atoms with Crippen molar-refractivity contribution in [2.24, 2.45) is 0 Å². The van der Waals surface area contributed by atoms with Gasteiger partial charge < -0.3 is 9.67 Å². The van der Waals surface area contributed by atoms with E-state index in [2.05, 4.69) is 4.72 Å². The van der Waals surface area contributed by atoms with Crippen LogP contribution in [0.15, 0.2) is 17.2 Å². The van der Waals surface area contributed by atoms with E-state index in [9.17, 15) is 13.2 Å². The Labute approximate surface area is 112 Å². The second-order valence-corrected chi connectivity index (χ2v) is 6.47. The van der Waals surface area contributed by atoms with Gasteiger partial charge in [-0.2, -0.15) is 0 Å². The Morgan fingerprint density at radius 1 is 1.47 bits per heavy atom. The maximum Gasteiger partial charge on any atom is 0.352 e. The van der Waals surface area contributed by atoms with Crippen LogP contribution in [0.4, 0.5) is 0 Å². The van der Waals surface area contributed by atoms with Gasteiger partial charge in [0, 0.05) is 18.8 Å². The summed E-state index contributed by atoms with van der Waals surface area (Å²) >= 11 is 0. The molecule has 0 atom stereocenters. The SMILES string of the molecule is CCn1cc(S(=O)(=O)NC2CCCC2)cc1C(=O)O. The van der Waals surface area contributed by atoms with Crippen LogP contribution in [0.25, 0.3) is 0 Å². The zero-order valence-electron chi connectivity index (χ0n) is 10.8. The van der Waals surface area contributed by atoms with Gasteiger partial charge in [0.15, 0.2) is 0 Å². The summed E-state index contributed by atoms with van der Waals surface area (Å²) in [5.41, 5.74) is -0.00528. The van der Waals surface area contributed by atoms with Crippen LogP contribution in [-0.4, -0.2) is 30.1 Å². The molecular formula is C12H18N2O4S. The van der Waals surface area contributed by atoms with Crippen molar-refractivity contribution in [3.63, 3.8) is 0 Å². The van der Waals surface area contributed by atoms with Gasteiger partial charge in [0.1, 0.15) is 10.6 Å². The molecule has 0 bridgehead atoms. The van der Waals surface area contributed by atoms with Gasteiger partial charge in [-0.1, -0.05) is 12.8 Å². The minimum Gasteiger partial charge on any atom is -0.477 e. The van der Waals surface area contributed by atoms with Crippen molar-refractivity contribution in [3.05, 3.63) is 18.0 Å². The molecule has 0 spiro atoms. The van der Waals surface area contributed by atoms with Crippen molar-refractivity contribution in [2.45, 2.75) is 50.1 Å². The van der Waals surface area contributed by atoms with Gasteiger partial charge in [0.2, 0.25) is 10.0 Å². The highest BCUT2D eigenvalue weighted by Gasteiger charge is 2.25. The minimum atomic E-state index is -3.62. The molecule has 0 unspecified atom stereocenters. The van der Waals surface area contributed by atoms with Gasteiger partial charge in [0.25, 0.3) is 0 Å². The lowest BCUT2D eigenvalue weighted by molar-refractivity contribution is 0.0685. The molecule has 0 aliphatic heterocycles. The van der Waals surface area contributed by atoms with E-state index in [1.807, 2.05) is 0 Å². The molecule has 19 heavy (non-hydrogen) atoms. The van der Waals surface area contributed by atoms with E-state index in [1.165, 1.54) is 16.8 Å². The number of nitrogens with zero attached hydrogens (tertiary/aromatic N) is 1. The van der Waals surface area contributed by atoms with E-state index in [0.717, 1.165) is 25.7 Å². The molecule has 1 fully saturated rings. The summed E-state index contributed by atoms with van der Waals surface area (Å²) in [6, 6.07) is 1.19. The van der Waals surface area contributed by atoms with E-state index in [4.69, 9.17) is 5.11 Å². The minimum absolute atomic E-state index is 0.00528. The predicted molar refractivity (Wildman–Crippen MR) is 69.6 cm³/mol. The average molecular weight is 286 g/mol. The predicted octanol–water partition coefficient (Wildman–Crippen LogP) is 1.43. The Morgan fingerprint density at radius 3 is 2.58 bits per heavy atom. The standard InChI is InChI=1S/C12H18N2O4S/c1-2-14-8-10(7-11(14)12(15)16)19(17,18)13-9-5-3-4-6-9/h7-9,13H,2-6H2,1H3,(H,15,16). The third-order valence-electron chi connectivity index (χ3n) is 3.42. The number of hydrogen-bond donors (Lipinski definition) is 2. The Kier molecular flexibility index (Phi) is 3.96. The van der Waals surface area contributed by atoms with Gasteiger partial charge in [0.05, 0.1) is 0 Å². The first-order chi connectivity index (χ1) is 8.94. The van der Waals surface area contributed by atoms with Crippen molar-refractivity contribution >= 4 is 16.0 Å². The molecule has 0 amide bonds. The van der Waals surface area contributed by atoms with E-state index >= 15 is 0 Å². The molecule has 6 nitrogen and oxygen atoms in total. The number of aromatic carboxylic acids is 1. The summed E-state index contributed by atoms with van der Waals surface area (Å²) in [6.07, 6.45) is 5.13. The molecular weight excluding hydrogens is 268 g/mol. The highest BCUT2D eigenvalue weighted by molar-refractivity contribution is 7.89. The number of rotatable bonds is 5. The molecule has 1 aliphatic carbocycles. The number of aryl methyl sites for hydroxylation is 1. The Bertz CT molecular complexity index is 571. The molecule has 0 radical (unpaired) electrons. The second-order valence-electron chi connectivity index (χ2n) is 4.75. The maximum atomic E-state index is 12.2. The first-order valence-corrected chi connectivity index (χ1v) is 7.88. The van der Waals surface area contributed by atoms with Crippen LogP contribution in [0, 0.1) is 0 Å². The van der Waals surface area contributed by atoms with Crippen molar-refractivity contribution in [3.8, 4) is 0 Å². The van der Waals surface area contributed by atoms with Crippen LogP contribution in [0.5, 0.6) is 0 Å². The topological polar surface area (TPSA) is 88.4 Å². The molecule has 0 saturated heterocycles. The monoisotopic (exact) mass is 286 g/mol. The number of sulfonamides is 1. The molecule has 106 valence electrons. The van der Waals surface area contributed by atoms with Crippen LogP contribution >= 0.6 is 0 Å². The van der Waals surface area contributed by atoms with Crippen molar-refractivity contribution in [1.29, 1.82) is 0 Å². The second kappa shape index (κ2) is 5.34. The van der Waals surface area contributed by atoms with Crippen molar-refractivity contribution in [2.75, 3.05) is 0 Å². The Balaban J connectivity index is 2.27. The summed E-state index contributed by atoms with van der Waals surface area (Å²) in [7, 11) is -3.62. The lowest BCUT2D eigenvalue weighted by Crippen LogP contribution is -2.32. The van der Waals surface area contributed by atoms with Crippen molar-refractivity contribution < 1.29 is 18.3 Å². The van der Waals surface area contributed by atoms with Gasteiger partial charge in [-0.15, -0.1) is 0 Å². The number of aromatic nitrogens is 1. The summed E-state index contributed by atoms with van der Waals surface area (Å²) < 4.78 is 28.4. The quantitative estimate of drug-likeness (QED) is 0.857. The highest BCUT2D eigenvalue weighted by Crippen LogP contribution is 2.21. The van der Waals surface area contributed by atoms with E-state index in [1.54, 1.807) is 6.92 Å². The maximum absolute atomic E-state index is 12.2. The number of nitrogens with one attached hydrogen (secondary N) is 1. The van der Waals surface area contributed by atoms with Crippen molar-refractivity contribution in [1.82, 2.24) is 9.29 Å². The van der Waals surface area contributed by atoms with Crippen LogP contribution in [0.3, 0.4) is 0 Å². The van der Waals surface area contributed by atoms with Gasteiger partial charge in [-0.05, 0) is 25.8 Å². The zero-order chi connectivity index (χ0) is 14.0. The van der Waals surface area contributed by atoms with Gasteiger partial charge in [-0.3, -0.25) is 0 Å². The van der Waals surface area contributed by atoms with Crippen LogP contribution < -0.4 is 4.72 Å². The fraction of sp³-hybridized carbons (Fsp3) is 0.583. The number of carboxylic acids is 1. The van der Waals surface area contributed by atoms with Crippen LogP contribution in [0.2, 0.25) is 0 Å². The van der Waals surface area contributed by atoms with Crippen LogP contribution in [-0.2, 0) is 16.6 Å². The third kappa shape index (κ3) is 2.98. The zero-order valence-corrected chi connectivity index (χ0v) is 11.6. The lowest BCUT2D eigenvalue weighted by atomic mass is 10.3. The molecule has 2 N–H and O–H groups in total.